The fraction of sp³-hybridized carbons (Fsp3) is 0.591. The third-order valence-corrected chi connectivity index (χ3v) is 5.04. The van der Waals surface area contributed by atoms with Crippen LogP contribution in [0.2, 0.25) is 0 Å². The van der Waals surface area contributed by atoms with E-state index in [1.165, 1.54) is 0 Å². The molecule has 0 saturated carbocycles. The number of thioether (sulfide) groups is 1. The first kappa shape index (κ1) is 24.2. The van der Waals surface area contributed by atoms with Crippen molar-refractivity contribution in [1.29, 1.82) is 0 Å². The van der Waals surface area contributed by atoms with Crippen LogP contribution in [-0.4, -0.2) is 42.3 Å². The quantitative estimate of drug-likeness (QED) is 0.660. The molecule has 1 N–H and O–H groups in total. The molecule has 0 fully saturated rings. The lowest BCUT2D eigenvalue weighted by molar-refractivity contribution is -0.151. The smallest absolute Gasteiger partial charge is 0.329 e. The lowest BCUT2D eigenvalue weighted by atomic mass is 9.86. The number of benzene rings is 1. The number of ketones is 1. The van der Waals surface area contributed by atoms with E-state index >= 15 is 0 Å². The highest BCUT2D eigenvalue weighted by atomic mass is 32.2. The Hall–Kier alpha value is -1.82. The number of carbonyl (C=O) groups excluding carboxylic acids is 3. The molecule has 1 aromatic rings. The first-order chi connectivity index (χ1) is 12.9. The molecule has 0 aliphatic carbocycles. The average molecular weight is 408 g/mol. The number of rotatable bonds is 8. The maximum atomic E-state index is 12.6. The monoisotopic (exact) mass is 407 g/mol. The molecule has 1 atom stereocenters. The van der Waals surface area contributed by atoms with Crippen molar-refractivity contribution in [3.8, 4) is 0 Å². The Morgan fingerprint density at radius 1 is 1.04 bits per heavy atom. The van der Waals surface area contributed by atoms with Crippen LogP contribution in [0.5, 0.6) is 0 Å². The zero-order valence-corrected chi connectivity index (χ0v) is 18.9. The topological polar surface area (TPSA) is 72.5 Å². The van der Waals surface area contributed by atoms with Crippen LogP contribution in [0.3, 0.4) is 0 Å². The van der Waals surface area contributed by atoms with Gasteiger partial charge in [0.1, 0.15) is 6.04 Å². The Morgan fingerprint density at radius 2 is 1.61 bits per heavy atom. The van der Waals surface area contributed by atoms with E-state index in [-0.39, 0.29) is 23.7 Å². The van der Waals surface area contributed by atoms with E-state index in [1.807, 2.05) is 18.4 Å². The van der Waals surface area contributed by atoms with Crippen LogP contribution in [0.25, 0.3) is 0 Å². The highest BCUT2D eigenvalue weighted by Crippen LogP contribution is 2.22. The summed E-state index contributed by atoms with van der Waals surface area (Å²) in [6, 6.07) is 6.58. The van der Waals surface area contributed by atoms with Crippen LogP contribution < -0.4 is 5.32 Å². The van der Waals surface area contributed by atoms with Crippen molar-refractivity contribution in [2.75, 3.05) is 18.6 Å². The first-order valence-electron chi connectivity index (χ1n) is 9.46. The summed E-state index contributed by atoms with van der Waals surface area (Å²) in [4.78, 5) is 37.0. The summed E-state index contributed by atoms with van der Waals surface area (Å²) >= 11 is 1.58. The van der Waals surface area contributed by atoms with Gasteiger partial charge in [0.15, 0.2) is 12.4 Å². The van der Waals surface area contributed by atoms with E-state index in [2.05, 4.69) is 26.1 Å². The maximum absolute atomic E-state index is 12.6. The normalized spacial score (nSPS) is 13.0. The molecule has 0 heterocycles. The standard InChI is InChI=1S/C22H33NO4S/c1-21(2,3)16-10-8-15(9-11-16)19(25)23-17(12-13-28-7)20(26)27-14-18(24)22(4,5)6/h8-11,17H,12-14H2,1-7H3,(H,23,25)/t17-/m1/s1. The van der Waals surface area contributed by atoms with Crippen LogP contribution in [-0.2, 0) is 19.7 Å². The molecular weight excluding hydrogens is 374 g/mol. The number of carbonyl (C=O) groups is 3. The van der Waals surface area contributed by atoms with Gasteiger partial charge in [-0.25, -0.2) is 4.79 Å². The van der Waals surface area contributed by atoms with Gasteiger partial charge >= 0.3 is 5.97 Å². The fourth-order valence-corrected chi connectivity index (χ4v) is 2.77. The van der Waals surface area contributed by atoms with E-state index in [9.17, 15) is 14.4 Å². The second-order valence-corrected chi connectivity index (χ2v) is 9.90. The molecule has 0 radical (unpaired) electrons. The molecule has 1 rings (SSSR count). The van der Waals surface area contributed by atoms with Crippen LogP contribution in [0.15, 0.2) is 24.3 Å². The zero-order chi connectivity index (χ0) is 21.5. The minimum atomic E-state index is -0.782. The predicted octanol–water partition coefficient (Wildman–Crippen LogP) is 3.99. The molecule has 6 heteroatoms. The van der Waals surface area contributed by atoms with Gasteiger partial charge in [0.05, 0.1) is 0 Å². The molecular formula is C22H33NO4S. The van der Waals surface area contributed by atoms with Crippen molar-refractivity contribution in [2.24, 2.45) is 5.41 Å². The van der Waals surface area contributed by atoms with Crippen molar-refractivity contribution in [3.05, 3.63) is 35.4 Å². The van der Waals surface area contributed by atoms with E-state index in [4.69, 9.17) is 4.74 Å². The fourth-order valence-electron chi connectivity index (χ4n) is 2.30. The van der Waals surface area contributed by atoms with E-state index in [0.29, 0.717) is 17.7 Å². The highest BCUT2D eigenvalue weighted by Gasteiger charge is 2.27. The van der Waals surface area contributed by atoms with Crippen molar-refractivity contribution >= 4 is 29.4 Å². The SMILES string of the molecule is CSCC[C@@H](NC(=O)c1ccc(C(C)(C)C)cc1)C(=O)OCC(=O)C(C)(C)C. The largest absolute Gasteiger partial charge is 0.456 e. The van der Waals surface area contributed by atoms with Gasteiger partial charge < -0.3 is 10.1 Å². The third kappa shape index (κ3) is 7.66. The van der Waals surface area contributed by atoms with Gasteiger partial charge in [-0.2, -0.15) is 11.8 Å². The molecule has 0 bridgehead atoms. The van der Waals surface area contributed by atoms with Gasteiger partial charge in [-0.15, -0.1) is 0 Å². The number of nitrogens with one attached hydrogen (secondary N) is 1. The molecule has 1 aromatic carbocycles. The highest BCUT2D eigenvalue weighted by molar-refractivity contribution is 7.98. The second kappa shape index (κ2) is 10.1. The summed E-state index contributed by atoms with van der Waals surface area (Å²) < 4.78 is 5.18. The Balaban J connectivity index is 2.80. The van der Waals surface area contributed by atoms with Crippen LogP contribution >= 0.6 is 11.8 Å². The van der Waals surface area contributed by atoms with Crippen LogP contribution in [0.1, 0.15) is 63.9 Å². The number of Topliss-reactive ketones (excluding diaryl/α,β-unsaturated/α-hetero) is 1. The van der Waals surface area contributed by atoms with Crippen LogP contribution in [0, 0.1) is 5.41 Å². The Labute approximate surface area is 173 Å². The van der Waals surface area contributed by atoms with E-state index < -0.39 is 17.4 Å². The number of esters is 1. The van der Waals surface area contributed by atoms with Gasteiger partial charge in [-0.1, -0.05) is 53.7 Å². The predicted molar refractivity (Wildman–Crippen MR) is 115 cm³/mol. The van der Waals surface area contributed by atoms with Gasteiger partial charge in [-0.3, -0.25) is 9.59 Å². The molecule has 0 saturated heterocycles. The Kier molecular flexibility index (Phi) is 8.74. The van der Waals surface area contributed by atoms with Gasteiger partial charge in [0.2, 0.25) is 0 Å². The lowest BCUT2D eigenvalue weighted by Crippen LogP contribution is -2.43. The van der Waals surface area contributed by atoms with E-state index in [0.717, 1.165) is 5.56 Å². The van der Waals surface area contributed by atoms with Crippen LogP contribution in [0.4, 0.5) is 0 Å². The average Bonchev–Trinajstić information content (AvgIpc) is 2.61. The molecule has 0 aliphatic heterocycles. The number of hydrogen-bond donors (Lipinski definition) is 1. The van der Waals surface area contributed by atoms with Gasteiger partial charge in [0, 0.05) is 11.0 Å². The lowest BCUT2D eigenvalue weighted by Gasteiger charge is -2.21. The third-order valence-electron chi connectivity index (χ3n) is 4.40. The number of ether oxygens (including phenoxy) is 1. The summed E-state index contributed by atoms with van der Waals surface area (Å²) in [5.74, 6) is -0.374. The summed E-state index contributed by atoms with van der Waals surface area (Å²) in [5, 5.41) is 2.75. The van der Waals surface area contributed by atoms with E-state index in [1.54, 1.807) is 44.7 Å². The summed E-state index contributed by atoms with van der Waals surface area (Å²) in [7, 11) is 0. The zero-order valence-electron chi connectivity index (χ0n) is 18.0. The van der Waals surface area contributed by atoms with Crippen molar-refractivity contribution in [1.82, 2.24) is 5.32 Å². The molecule has 0 spiro atoms. The summed E-state index contributed by atoms with van der Waals surface area (Å²) in [5.41, 5.74) is 1.04. The minimum Gasteiger partial charge on any atom is -0.456 e. The van der Waals surface area contributed by atoms with Crippen molar-refractivity contribution < 1.29 is 19.1 Å². The summed E-state index contributed by atoms with van der Waals surface area (Å²) in [6.45, 7) is 11.4. The Morgan fingerprint density at radius 3 is 2.07 bits per heavy atom. The second-order valence-electron chi connectivity index (χ2n) is 8.92. The van der Waals surface area contributed by atoms with Crippen molar-refractivity contribution in [3.63, 3.8) is 0 Å². The maximum Gasteiger partial charge on any atom is 0.329 e. The molecule has 0 aliphatic rings. The molecule has 28 heavy (non-hydrogen) atoms. The summed E-state index contributed by atoms with van der Waals surface area (Å²) in [6.07, 6.45) is 2.37. The molecule has 0 unspecified atom stereocenters. The molecule has 0 aromatic heterocycles. The molecule has 1 amide bonds. The molecule has 156 valence electrons. The first-order valence-corrected chi connectivity index (χ1v) is 10.9. The number of amides is 1. The van der Waals surface area contributed by atoms with Gasteiger partial charge in [0.25, 0.3) is 5.91 Å². The van der Waals surface area contributed by atoms with Crippen molar-refractivity contribution in [2.45, 2.75) is 59.4 Å². The Bertz CT molecular complexity index is 684. The molecule has 5 nitrogen and oxygen atoms in total. The minimum absolute atomic E-state index is 0.000706. The number of hydrogen-bond acceptors (Lipinski definition) is 5. The van der Waals surface area contributed by atoms with Gasteiger partial charge in [-0.05, 0) is 41.5 Å².